The number of aliphatic hydroxyl groups is 1. The molecule has 2 aromatic rings. The first-order valence-corrected chi connectivity index (χ1v) is 6.45. The number of rotatable bonds is 4. The van der Waals surface area contributed by atoms with Crippen molar-refractivity contribution in [1.82, 2.24) is 4.98 Å². The molecule has 2 rings (SSSR count). The molecule has 18 heavy (non-hydrogen) atoms. The number of aliphatic hydroxyl groups excluding tert-OH is 1. The number of hydrogen-bond acceptors (Lipinski definition) is 3. The summed E-state index contributed by atoms with van der Waals surface area (Å²) in [4.78, 5) is 4.08. The molecule has 1 unspecified atom stereocenters. The Labute approximate surface area is 115 Å². The average molecular weight is 308 g/mol. The van der Waals surface area contributed by atoms with Gasteiger partial charge in [-0.3, -0.25) is 4.98 Å². The first-order valence-electron chi connectivity index (χ1n) is 5.65. The van der Waals surface area contributed by atoms with Crippen molar-refractivity contribution in [3.05, 3.63) is 58.3 Å². The van der Waals surface area contributed by atoms with Crippen LogP contribution in [0.25, 0.3) is 0 Å². The molecule has 1 aromatic carbocycles. The summed E-state index contributed by atoms with van der Waals surface area (Å²) in [6.07, 6.45) is 3.02. The van der Waals surface area contributed by atoms with Gasteiger partial charge in [0.2, 0.25) is 0 Å². The van der Waals surface area contributed by atoms with E-state index in [1.165, 1.54) is 0 Å². The molecule has 0 aliphatic carbocycles. The highest BCUT2D eigenvalue weighted by molar-refractivity contribution is 9.10. The van der Waals surface area contributed by atoms with Gasteiger partial charge in [0.05, 0.1) is 6.10 Å². The Morgan fingerprint density at radius 3 is 2.89 bits per heavy atom. The summed E-state index contributed by atoms with van der Waals surface area (Å²) >= 11 is 3.37. The number of benzene rings is 1. The van der Waals surface area contributed by atoms with Crippen molar-refractivity contribution >= 4 is 15.9 Å². The van der Waals surface area contributed by atoms with Crippen molar-refractivity contribution in [3.8, 4) is 5.75 Å². The predicted octanol–water partition coefficient (Wildman–Crippen LogP) is 3.48. The van der Waals surface area contributed by atoms with Gasteiger partial charge in [-0.2, -0.15) is 0 Å². The highest BCUT2D eigenvalue weighted by Gasteiger charge is 2.03. The quantitative estimate of drug-likeness (QED) is 0.940. The monoisotopic (exact) mass is 307 g/mol. The Balaban J connectivity index is 2.04. The van der Waals surface area contributed by atoms with Crippen LogP contribution in [-0.2, 0) is 6.61 Å². The maximum absolute atomic E-state index is 9.50. The van der Waals surface area contributed by atoms with Gasteiger partial charge in [0, 0.05) is 22.4 Å². The number of ether oxygens (including phenoxy) is 1. The van der Waals surface area contributed by atoms with Crippen LogP contribution >= 0.6 is 15.9 Å². The number of nitrogens with zero attached hydrogens (tertiary/aromatic N) is 1. The van der Waals surface area contributed by atoms with Gasteiger partial charge in [0.1, 0.15) is 12.4 Å². The summed E-state index contributed by atoms with van der Waals surface area (Å²) in [6, 6.07) is 9.42. The SMILES string of the molecule is CC(O)c1cccc(OCc2cncc(Br)c2)c1. The molecule has 4 heteroatoms. The number of pyridine rings is 1. The normalized spacial score (nSPS) is 12.2. The Hall–Kier alpha value is -1.39. The predicted molar refractivity (Wildman–Crippen MR) is 73.3 cm³/mol. The minimum absolute atomic E-state index is 0.454. The minimum atomic E-state index is -0.485. The smallest absolute Gasteiger partial charge is 0.120 e. The highest BCUT2D eigenvalue weighted by atomic mass is 79.9. The molecule has 0 aliphatic heterocycles. The molecule has 0 fully saturated rings. The van der Waals surface area contributed by atoms with Gasteiger partial charge in [-0.1, -0.05) is 12.1 Å². The number of halogens is 1. The molecule has 0 amide bonds. The van der Waals surface area contributed by atoms with Gasteiger partial charge >= 0.3 is 0 Å². The third kappa shape index (κ3) is 3.55. The first kappa shape index (κ1) is 13.1. The van der Waals surface area contributed by atoms with E-state index >= 15 is 0 Å². The Kier molecular flexibility index (Phi) is 4.33. The maximum atomic E-state index is 9.50. The van der Waals surface area contributed by atoms with Crippen LogP contribution in [0.15, 0.2) is 47.2 Å². The molecule has 94 valence electrons. The van der Waals surface area contributed by atoms with E-state index in [0.29, 0.717) is 6.61 Å². The zero-order valence-electron chi connectivity index (χ0n) is 10.0. The van der Waals surface area contributed by atoms with E-state index in [9.17, 15) is 5.11 Å². The Morgan fingerprint density at radius 1 is 1.33 bits per heavy atom. The van der Waals surface area contributed by atoms with Crippen LogP contribution in [-0.4, -0.2) is 10.1 Å². The lowest BCUT2D eigenvalue weighted by atomic mass is 10.1. The molecule has 0 spiro atoms. The fourth-order valence-corrected chi connectivity index (χ4v) is 1.98. The summed E-state index contributed by atoms with van der Waals surface area (Å²) in [5, 5.41) is 9.50. The van der Waals surface area contributed by atoms with Crippen molar-refractivity contribution in [2.45, 2.75) is 19.6 Å². The molecule has 0 bridgehead atoms. The largest absolute Gasteiger partial charge is 0.489 e. The standard InChI is InChI=1S/C14H14BrNO2/c1-10(17)12-3-2-4-14(6-12)18-9-11-5-13(15)8-16-7-11/h2-8,10,17H,9H2,1H3. The lowest BCUT2D eigenvalue weighted by Crippen LogP contribution is -1.97. The number of aromatic nitrogens is 1. The van der Waals surface area contributed by atoms with E-state index in [4.69, 9.17) is 4.74 Å². The maximum Gasteiger partial charge on any atom is 0.120 e. The second-order valence-corrected chi connectivity index (χ2v) is 4.96. The van der Waals surface area contributed by atoms with E-state index in [1.54, 1.807) is 19.3 Å². The second-order valence-electron chi connectivity index (χ2n) is 4.05. The molecule has 0 radical (unpaired) electrons. The van der Waals surface area contributed by atoms with Crippen LogP contribution in [0.5, 0.6) is 5.75 Å². The highest BCUT2D eigenvalue weighted by Crippen LogP contribution is 2.20. The van der Waals surface area contributed by atoms with Crippen LogP contribution in [0, 0.1) is 0 Å². The lowest BCUT2D eigenvalue weighted by molar-refractivity contribution is 0.198. The molecule has 3 nitrogen and oxygen atoms in total. The molecule has 0 saturated carbocycles. The number of hydrogen-bond donors (Lipinski definition) is 1. The summed E-state index contributed by atoms with van der Waals surface area (Å²) < 4.78 is 6.60. The zero-order chi connectivity index (χ0) is 13.0. The summed E-state index contributed by atoms with van der Waals surface area (Å²) in [6.45, 7) is 2.19. The van der Waals surface area contributed by atoms with E-state index in [0.717, 1.165) is 21.3 Å². The van der Waals surface area contributed by atoms with Gasteiger partial charge in [-0.15, -0.1) is 0 Å². The third-order valence-corrected chi connectivity index (χ3v) is 2.94. The molecular weight excluding hydrogens is 294 g/mol. The van der Waals surface area contributed by atoms with Crippen molar-refractivity contribution < 1.29 is 9.84 Å². The van der Waals surface area contributed by atoms with Crippen molar-refractivity contribution in [2.24, 2.45) is 0 Å². The van der Waals surface area contributed by atoms with Crippen LogP contribution in [0.4, 0.5) is 0 Å². The van der Waals surface area contributed by atoms with E-state index < -0.39 is 6.10 Å². The summed E-state index contributed by atoms with van der Waals surface area (Å²) in [5.41, 5.74) is 1.84. The van der Waals surface area contributed by atoms with Crippen LogP contribution in [0.2, 0.25) is 0 Å². The molecule has 1 atom stereocenters. The minimum Gasteiger partial charge on any atom is -0.489 e. The third-order valence-electron chi connectivity index (χ3n) is 2.51. The van der Waals surface area contributed by atoms with E-state index in [2.05, 4.69) is 20.9 Å². The van der Waals surface area contributed by atoms with E-state index in [1.807, 2.05) is 30.3 Å². The molecular formula is C14H14BrNO2. The zero-order valence-corrected chi connectivity index (χ0v) is 11.6. The van der Waals surface area contributed by atoms with Gasteiger partial charge in [-0.25, -0.2) is 0 Å². The van der Waals surface area contributed by atoms with Gasteiger partial charge < -0.3 is 9.84 Å². The second kappa shape index (κ2) is 5.98. The van der Waals surface area contributed by atoms with Crippen molar-refractivity contribution in [1.29, 1.82) is 0 Å². The fraction of sp³-hybridized carbons (Fsp3) is 0.214. The molecule has 0 saturated heterocycles. The Bertz CT molecular complexity index is 529. The first-order chi connectivity index (χ1) is 8.65. The molecule has 1 heterocycles. The molecule has 0 aliphatic rings. The Morgan fingerprint density at radius 2 is 2.17 bits per heavy atom. The van der Waals surface area contributed by atoms with Crippen LogP contribution in [0.1, 0.15) is 24.2 Å². The molecule has 1 N–H and O–H groups in total. The average Bonchev–Trinajstić information content (AvgIpc) is 2.37. The fourth-order valence-electron chi connectivity index (χ4n) is 1.57. The van der Waals surface area contributed by atoms with Gasteiger partial charge in [0.25, 0.3) is 0 Å². The van der Waals surface area contributed by atoms with Gasteiger partial charge in [0.15, 0.2) is 0 Å². The van der Waals surface area contributed by atoms with Crippen LogP contribution < -0.4 is 4.74 Å². The summed E-state index contributed by atoms with van der Waals surface area (Å²) in [7, 11) is 0. The molecule has 1 aromatic heterocycles. The summed E-state index contributed by atoms with van der Waals surface area (Å²) in [5.74, 6) is 0.744. The van der Waals surface area contributed by atoms with Crippen LogP contribution in [0.3, 0.4) is 0 Å². The topological polar surface area (TPSA) is 42.4 Å². The van der Waals surface area contributed by atoms with Gasteiger partial charge in [-0.05, 0) is 46.6 Å². The van der Waals surface area contributed by atoms with E-state index in [-0.39, 0.29) is 0 Å². The van der Waals surface area contributed by atoms with Crippen molar-refractivity contribution in [2.75, 3.05) is 0 Å². The lowest BCUT2D eigenvalue weighted by Gasteiger charge is -2.09. The van der Waals surface area contributed by atoms with Crippen molar-refractivity contribution in [3.63, 3.8) is 0 Å².